The number of nitro benzene ring substituents is 1. The maximum Gasteiger partial charge on any atom is 0.316 e. The minimum absolute atomic E-state index is 0.0887. The largest absolute Gasteiger partial charge is 0.495 e. The average Bonchev–Trinajstić information content (AvgIpc) is 2.64. The van der Waals surface area contributed by atoms with E-state index in [2.05, 4.69) is 0 Å². The number of nitro groups is 1. The SMILES string of the molecule is COc1ccc(C(=O)COC(=O)CSc2ccccc2[N+](=O)[O-])cc1Cl. The molecule has 0 unspecified atom stereocenters. The minimum atomic E-state index is -0.652. The molecule has 0 amide bonds. The lowest BCUT2D eigenvalue weighted by molar-refractivity contribution is -0.387. The molecule has 0 aromatic heterocycles. The summed E-state index contributed by atoms with van der Waals surface area (Å²) in [6.45, 7) is -0.446. The van der Waals surface area contributed by atoms with Crippen molar-refractivity contribution < 1.29 is 24.0 Å². The van der Waals surface area contributed by atoms with Crippen LogP contribution in [0.4, 0.5) is 5.69 Å². The van der Waals surface area contributed by atoms with E-state index in [1.165, 1.54) is 25.3 Å². The molecule has 0 aliphatic carbocycles. The molecular formula is C17H14ClNO6S. The number of esters is 1. The van der Waals surface area contributed by atoms with Crippen molar-refractivity contribution in [2.75, 3.05) is 19.5 Å². The quantitative estimate of drug-likeness (QED) is 0.220. The molecule has 7 nitrogen and oxygen atoms in total. The Balaban J connectivity index is 1.88. The van der Waals surface area contributed by atoms with Gasteiger partial charge in [0.25, 0.3) is 5.69 Å². The number of rotatable bonds is 8. The molecule has 0 aliphatic heterocycles. The number of carbonyl (C=O) groups is 2. The van der Waals surface area contributed by atoms with E-state index in [1.54, 1.807) is 24.3 Å². The second kappa shape index (κ2) is 9.21. The highest BCUT2D eigenvalue weighted by Crippen LogP contribution is 2.28. The number of Topliss-reactive ketones (excluding diaryl/α,β-unsaturated/α-hetero) is 1. The third-order valence-corrected chi connectivity index (χ3v) is 4.58. The van der Waals surface area contributed by atoms with Crippen molar-refractivity contribution in [3.8, 4) is 5.75 Å². The zero-order valence-electron chi connectivity index (χ0n) is 13.6. The van der Waals surface area contributed by atoms with Crippen LogP contribution in [0.25, 0.3) is 0 Å². The van der Waals surface area contributed by atoms with Crippen LogP contribution in [0.3, 0.4) is 0 Å². The van der Waals surface area contributed by atoms with Gasteiger partial charge in [0.05, 0.1) is 27.7 Å². The van der Waals surface area contributed by atoms with E-state index in [1.807, 2.05) is 0 Å². The van der Waals surface area contributed by atoms with Crippen LogP contribution in [-0.2, 0) is 9.53 Å². The zero-order valence-corrected chi connectivity index (χ0v) is 15.2. The average molecular weight is 396 g/mol. The van der Waals surface area contributed by atoms with Gasteiger partial charge in [0, 0.05) is 11.6 Å². The van der Waals surface area contributed by atoms with Crippen LogP contribution < -0.4 is 4.74 Å². The van der Waals surface area contributed by atoms with Gasteiger partial charge in [0.15, 0.2) is 12.4 Å². The third-order valence-electron chi connectivity index (χ3n) is 3.25. The molecule has 2 aromatic carbocycles. The molecule has 2 aromatic rings. The minimum Gasteiger partial charge on any atom is -0.495 e. The van der Waals surface area contributed by atoms with Crippen LogP contribution in [-0.4, -0.2) is 36.1 Å². The van der Waals surface area contributed by atoms with Gasteiger partial charge in [0.1, 0.15) is 5.75 Å². The van der Waals surface area contributed by atoms with Gasteiger partial charge in [0.2, 0.25) is 0 Å². The lowest BCUT2D eigenvalue weighted by Gasteiger charge is -2.07. The van der Waals surface area contributed by atoms with E-state index in [9.17, 15) is 19.7 Å². The summed E-state index contributed by atoms with van der Waals surface area (Å²) in [4.78, 5) is 34.6. The number of carbonyl (C=O) groups excluding carboxylic acids is 2. The van der Waals surface area contributed by atoms with Crippen LogP contribution in [0.2, 0.25) is 5.02 Å². The molecule has 9 heteroatoms. The normalized spacial score (nSPS) is 10.2. The lowest BCUT2D eigenvalue weighted by atomic mass is 10.1. The number of hydrogen-bond donors (Lipinski definition) is 0. The van der Waals surface area contributed by atoms with Crippen molar-refractivity contribution in [2.24, 2.45) is 0 Å². The molecular weight excluding hydrogens is 382 g/mol. The summed E-state index contributed by atoms with van der Waals surface area (Å²) in [6, 6.07) is 10.6. The molecule has 0 saturated carbocycles. The van der Waals surface area contributed by atoms with Gasteiger partial charge in [-0.2, -0.15) is 0 Å². The number of ether oxygens (including phenoxy) is 2. The number of para-hydroxylation sites is 1. The summed E-state index contributed by atoms with van der Waals surface area (Å²) in [5, 5.41) is 11.2. The van der Waals surface area contributed by atoms with Crippen LogP contribution in [0.15, 0.2) is 47.4 Å². The Morgan fingerprint density at radius 3 is 2.62 bits per heavy atom. The summed E-state index contributed by atoms with van der Waals surface area (Å²) in [5.74, 6) is -0.789. The second-order valence-electron chi connectivity index (χ2n) is 4.95. The Labute approximate surface area is 158 Å². The number of hydrogen-bond acceptors (Lipinski definition) is 7. The van der Waals surface area contributed by atoms with Crippen molar-refractivity contribution in [3.05, 3.63) is 63.2 Å². The second-order valence-corrected chi connectivity index (χ2v) is 6.37. The highest BCUT2D eigenvalue weighted by molar-refractivity contribution is 8.00. The van der Waals surface area contributed by atoms with Crippen molar-refractivity contribution in [1.82, 2.24) is 0 Å². The van der Waals surface area contributed by atoms with Gasteiger partial charge in [-0.3, -0.25) is 19.7 Å². The van der Waals surface area contributed by atoms with E-state index in [-0.39, 0.29) is 22.0 Å². The van der Waals surface area contributed by atoms with Crippen LogP contribution >= 0.6 is 23.4 Å². The maximum absolute atomic E-state index is 12.0. The highest BCUT2D eigenvalue weighted by atomic mass is 35.5. The summed E-state index contributed by atoms with van der Waals surface area (Å²) in [6.07, 6.45) is 0. The fraction of sp³-hybridized carbons (Fsp3) is 0.176. The molecule has 0 atom stereocenters. The molecule has 0 aliphatic rings. The van der Waals surface area contributed by atoms with Crippen molar-refractivity contribution in [3.63, 3.8) is 0 Å². The van der Waals surface area contributed by atoms with Gasteiger partial charge in [-0.15, -0.1) is 11.8 Å². The van der Waals surface area contributed by atoms with Crippen LogP contribution in [0.1, 0.15) is 10.4 Å². The number of nitrogens with zero attached hydrogens (tertiary/aromatic N) is 1. The number of methoxy groups -OCH3 is 1. The molecule has 0 heterocycles. The molecule has 2 rings (SSSR count). The molecule has 0 radical (unpaired) electrons. The lowest BCUT2D eigenvalue weighted by Crippen LogP contribution is -2.15. The molecule has 0 N–H and O–H groups in total. The Morgan fingerprint density at radius 2 is 1.96 bits per heavy atom. The van der Waals surface area contributed by atoms with Gasteiger partial charge < -0.3 is 9.47 Å². The summed E-state index contributed by atoms with van der Waals surface area (Å²) in [5.41, 5.74) is 0.198. The van der Waals surface area contributed by atoms with Gasteiger partial charge in [-0.05, 0) is 24.3 Å². The fourth-order valence-corrected chi connectivity index (χ4v) is 3.06. The third kappa shape index (κ3) is 5.21. The van der Waals surface area contributed by atoms with Crippen molar-refractivity contribution in [1.29, 1.82) is 0 Å². The first kappa shape index (κ1) is 19.7. The first-order chi connectivity index (χ1) is 12.4. The van der Waals surface area contributed by atoms with E-state index in [0.717, 1.165) is 11.8 Å². The number of halogens is 1. The number of ketones is 1. The predicted molar refractivity (Wildman–Crippen MR) is 97.1 cm³/mol. The predicted octanol–water partition coefficient (Wildman–Crippen LogP) is 3.78. The molecule has 0 bridgehead atoms. The van der Waals surface area contributed by atoms with E-state index < -0.39 is 23.3 Å². The number of thioether (sulfide) groups is 1. The van der Waals surface area contributed by atoms with E-state index in [4.69, 9.17) is 21.1 Å². The molecule has 0 spiro atoms. The fourth-order valence-electron chi connectivity index (χ4n) is 1.98. The maximum atomic E-state index is 12.0. The van der Waals surface area contributed by atoms with Crippen LogP contribution in [0.5, 0.6) is 5.75 Å². The topological polar surface area (TPSA) is 95.7 Å². The summed E-state index contributed by atoms with van der Waals surface area (Å²) in [7, 11) is 1.46. The van der Waals surface area contributed by atoms with E-state index >= 15 is 0 Å². The number of benzene rings is 2. The van der Waals surface area contributed by atoms with E-state index in [0.29, 0.717) is 10.6 Å². The highest BCUT2D eigenvalue weighted by Gasteiger charge is 2.16. The molecule has 0 saturated heterocycles. The standard InChI is InChI=1S/C17H14ClNO6S/c1-24-15-7-6-11(8-12(15)18)14(20)9-25-17(21)10-26-16-5-3-2-4-13(16)19(22)23/h2-8H,9-10H2,1H3. The zero-order chi connectivity index (χ0) is 19.1. The molecule has 136 valence electrons. The Bertz CT molecular complexity index is 842. The Morgan fingerprint density at radius 1 is 1.23 bits per heavy atom. The smallest absolute Gasteiger partial charge is 0.316 e. The van der Waals surface area contributed by atoms with Crippen LogP contribution in [0, 0.1) is 10.1 Å². The first-order valence-corrected chi connectivity index (χ1v) is 8.67. The molecule has 26 heavy (non-hydrogen) atoms. The molecule has 0 fully saturated rings. The summed E-state index contributed by atoms with van der Waals surface area (Å²) >= 11 is 6.92. The van der Waals surface area contributed by atoms with Gasteiger partial charge in [-0.1, -0.05) is 23.7 Å². The monoisotopic (exact) mass is 395 g/mol. The van der Waals surface area contributed by atoms with Crippen molar-refractivity contribution in [2.45, 2.75) is 4.90 Å². The first-order valence-electron chi connectivity index (χ1n) is 7.31. The van der Waals surface area contributed by atoms with Gasteiger partial charge >= 0.3 is 5.97 Å². The van der Waals surface area contributed by atoms with Crippen molar-refractivity contribution >= 4 is 40.8 Å². The summed E-state index contributed by atoms with van der Waals surface area (Å²) < 4.78 is 9.92. The van der Waals surface area contributed by atoms with Gasteiger partial charge in [-0.25, -0.2) is 0 Å². The Hall–Kier alpha value is -2.58. The Kier molecular flexibility index (Phi) is 6.99.